The molecule has 0 aromatic rings. The smallest absolute Gasteiger partial charge is 0.310 e. The Bertz CT molecular complexity index is 391. The standard InChI is InChI=1S/C22H41O3P/c1-20(2)16-14-12-10-8-6-4-5-7-9-11-13-15-17-21(22(23)24)18-19-26(3)25/h18-21H,3-17H2,1-2H3,(H,23,24). The first-order valence-electron chi connectivity index (χ1n) is 10.6. The molecule has 0 heterocycles. The molecule has 2 unspecified atom stereocenters. The summed E-state index contributed by atoms with van der Waals surface area (Å²) in [5.41, 5.74) is 0. The van der Waals surface area contributed by atoms with Crippen LogP contribution in [0.2, 0.25) is 0 Å². The van der Waals surface area contributed by atoms with E-state index in [0.29, 0.717) is 6.42 Å². The maximum absolute atomic E-state index is 11.1. The molecule has 0 aliphatic heterocycles. The Hall–Kier alpha value is -0.660. The Labute approximate surface area is 162 Å². The minimum Gasteiger partial charge on any atom is -0.627 e. The number of carboxylic acid groups (broad SMARTS) is 1. The first-order valence-corrected chi connectivity index (χ1v) is 12.1. The van der Waals surface area contributed by atoms with Gasteiger partial charge in [-0.3, -0.25) is 4.79 Å². The number of rotatable bonds is 18. The van der Waals surface area contributed by atoms with Crippen molar-refractivity contribution in [3.63, 3.8) is 0 Å². The number of unbranched alkanes of at least 4 members (excludes halogenated alkanes) is 11. The summed E-state index contributed by atoms with van der Waals surface area (Å²) < 4.78 is 0. The lowest BCUT2D eigenvalue weighted by atomic mass is 10.00. The van der Waals surface area contributed by atoms with Crippen LogP contribution in [0.15, 0.2) is 11.9 Å². The fourth-order valence-corrected chi connectivity index (χ4v) is 3.59. The maximum atomic E-state index is 11.1. The van der Waals surface area contributed by atoms with Crippen molar-refractivity contribution >= 4 is 20.0 Å². The largest absolute Gasteiger partial charge is 0.627 e. The lowest BCUT2D eigenvalue weighted by Gasteiger charge is -2.07. The number of carboxylic acids is 1. The molecule has 0 bridgehead atoms. The number of hydrogen-bond donors (Lipinski definition) is 1. The third-order valence-corrected chi connectivity index (χ3v) is 5.35. The first-order chi connectivity index (χ1) is 12.4. The highest BCUT2D eigenvalue weighted by atomic mass is 31.1. The van der Waals surface area contributed by atoms with E-state index in [0.717, 1.165) is 18.8 Å². The molecule has 0 radical (unpaired) electrons. The van der Waals surface area contributed by atoms with Gasteiger partial charge >= 0.3 is 5.97 Å². The molecular formula is C22H41O3P. The van der Waals surface area contributed by atoms with Gasteiger partial charge in [0.1, 0.15) is 5.82 Å². The average molecular weight is 385 g/mol. The lowest BCUT2D eigenvalue weighted by molar-refractivity contribution is -0.149. The fourth-order valence-electron chi connectivity index (χ4n) is 3.19. The van der Waals surface area contributed by atoms with Gasteiger partial charge in [-0.1, -0.05) is 97.3 Å². The second kappa shape index (κ2) is 17.7. The molecule has 0 spiro atoms. The molecule has 0 saturated carbocycles. The van der Waals surface area contributed by atoms with Crippen molar-refractivity contribution < 1.29 is 14.8 Å². The Balaban J connectivity index is 3.40. The topological polar surface area (TPSA) is 60.4 Å². The first kappa shape index (κ1) is 25.3. The summed E-state index contributed by atoms with van der Waals surface area (Å²) in [6.07, 6.45) is 22.3. The molecular weight excluding hydrogens is 343 g/mol. The van der Waals surface area contributed by atoms with E-state index in [-0.39, 0.29) is 0 Å². The summed E-state index contributed by atoms with van der Waals surface area (Å²) in [5, 5.41) is 9.14. The van der Waals surface area contributed by atoms with Gasteiger partial charge in [-0.05, 0) is 18.4 Å². The van der Waals surface area contributed by atoms with Crippen LogP contribution in [-0.2, 0) is 4.79 Å². The Morgan fingerprint density at radius 1 is 0.885 bits per heavy atom. The van der Waals surface area contributed by atoms with Crippen molar-refractivity contribution in [3.8, 4) is 0 Å². The summed E-state index contributed by atoms with van der Waals surface area (Å²) in [6, 6.07) is 0. The van der Waals surface area contributed by atoms with Gasteiger partial charge < -0.3 is 10.00 Å². The molecule has 0 rings (SSSR count). The third kappa shape index (κ3) is 18.1. The van der Waals surface area contributed by atoms with Crippen LogP contribution < -0.4 is 4.89 Å². The molecule has 0 aliphatic rings. The minimum atomic E-state index is -1.64. The van der Waals surface area contributed by atoms with Crippen molar-refractivity contribution in [1.29, 1.82) is 0 Å². The Morgan fingerprint density at radius 2 is 1.27 bits per heavy atom. The summed E-state index contributed by atoms with van der Waals surface area (Å²) in [4.78, 5) is 22.1. The Kier molecular flexibility index (Phi) is 17.3. The predicted octanol–water partition coefficient (Wildman–Crippen LogP) is 6.51. The van der Waals surface area contributed by atoms with Gasteiger partial charge in [-0.15, -0.1) is 0 Å². The average Bonchev–Trinajstić information content (AvgIpc) is 2.56. The molecule has 0 amide bonds. The normalized spacial score (nSPS) is 13.5. The zero-order valence-electron chi connectivity index (χ0n) is 17.1. The zero-order valence-corrected chi connectivity index (χ0v) is 18.0. The van der Waals surface area contributed by atoms with Crippen molar-refractivity contribution in [3.05, 3.63) is 11.9 Å². The molecule has 3 nitrogen and oxygen atoms in total. The Morgan fingerprint density at radius 3 is 1.62 bits per heavy atom. The molecule has 152 valence electrons. The van der Waals surface area contributed by atoms with Crippen molar-refractivity contribution in [1.82, 2.24) is 0 Å². The van der Waals surface area contributed by atoms with Crippen molar-refractivity contribution in [2.45, 2.75) is 104 Å². The van der Waals surface area contributed by atoms with Crippen LogP contribution in [0, 0.1) is 11.8 Å². The van der Waals surface area contributed by atoms with Gasteiger partial charge in [0.25, 0.3) is 0 Å². The molecule has 1 N–H and O–H groups in total. The molecule has 0 aromatic carbocycles. The third-order valence-electron chi connectivity index (χ3n) is 4.85. The highest BCUT2D eigenvalue weighted by Gasteiger charge is 2.13. The maximum Gasteiger partial charge on any atom is 0.310 e. The van der Waals surface area contributed by atoms with E-state index >= 15 is 0 Å². The van der Waals surface area contributed by atoms with E-state index in [2.05, 4.69) is 20.1 Å². The van der Waals surface area contributed by atoms with Crippen LogP contribution in [0.5, 0.6) is 0 Å². The molecule has 0 aliphatic carbocycles. The monoisotopic (exact) mass is 384 g/mol. The van der Waals surface area contributed by atoms with Gasteiger partial charge in [0.2, 0.25) is 0 Å². The number of hydrogen-bond acceptors (Lipinski definition) is 2. The van der Waals surface area contributed by atoms with Crippen molar-refractivity contribution in [2.75, 3.05) is 0 Å². The highest BCUT2D eigenvalue weighted by molar-refractivity contribution is 7.51. The fraction of sp³-hybridized carbons (Fsp3) is 0.818. The van der Waals surface area contributed by atoms with Crippen LogP contribution in [0.4, 0.5) is 0 Å². The van der Waals surface area contributed by atoms with Crippen LogP contribution in [0.25, 0.3) is 0 Å². The second-order valence-electron chi connectivity index (χ2n) is 7.92. The molecule has 4 heteroatoms. The summed E-state index contributed by atoms with van der Waals surface area (Å²) >= 11 is 0. The number of carbonyl (C=O) groups is 1. The van der Waals surface area contributed by atoms with E-state index in [4.69, 9.17) is 5.11 Å². The quantitative estimate of drug-likeness (QED) is 0.216. The van der Waals surface area contributed by atoms with E-state index in [1.165, 1.54) is 82.5 Å². The lowest BCUT2D eigenvalue weighted by Crippen LogP contribution is -2.10. The van der Waals surface area contributed by atoms with E-state index in [9.17, 15) is 9.69 Å². The van der Waals surface area contributed by atoms with Crippen LogP contribution in [-0.4, -0.2) is 17.4 Å². The number of aliphatic carboxylic acids is 1. The highest BCUT2D eigenvalue weighted by Crippen LogP contribution is 2.18. The summed E-state index contributed by atoms with van der Waals surface area (Å²) in [7, 11) is -1.64. The van der Waals surface area contributed by atoms with Gasteiger partial charge in [0, 0.05) is 0 Å². The van der Waals surface area contributed by atoms with Crippen LogP contribution in [0.1, 0.15) is 104 Å². The van der Waals surface area contributed by atoms with Gasteiger partial charge in [-0.2, -0.15) is 0 Å². The molecule has 0 aromatic heterocycles. The summed E-state index contributed by atoms with van der Waals surface area (Å²) in [5.74, 6) is 0.915. The molecule has 2 atom stereocenters. The summed E-state index contributed by atoms with van der Waals surface area (Å²) in [6.45, 7) is 4.60. The van der Waals surface area contributed by atoms with Crippen LogP contribution >= 0.6 is 7.77 Å². The molecule has 0 saturated heterocycles. The van der Waals surface area contributed by atoms with E-state index in [1.807, 2.05) is 0 Å². The van der Waals surface area contributed by atoms with Crippen LogP contribution in [0.3, 0.4) is 0 Å². The molecule has 26 heavy (non-hydrogen) atoms. The SMILES string of the molecule is C=[P+]([O-])C=CC(CCCCCCCCCCCCCCC(C)C)C(=O)O. The van der Waals surface area contributed by atoms with E-state index in [1.54, 1.807) is 0 Å². The van der Waals surface area contributed by atoms with Crippen molar-refractivity contribution in [2.24, 2.45) is 11.8 Å². The minimum absolute atomic E-state index is 0.517. The predicted molar refractivity (Wildman–Crippen MR) is 114 cm³/mol. The van der Waals surface area contributed by atoms with Gasteiger partial charge in [0.15, 0.2) is 0 Å². The van der Waals surface area contributed by atoms with Gasteiger partial charge in [-0.25, -0.2) is 0 Å². The second-order valence-corrected chi connectivity index (χ2v) is 9.05. The van der Waals surface area contributed by atoms with E-state index < -0.39 is 19.7 Å². The molecule has 0 fully saturated rings. The zero-order chi connectivity index (χ0) is 19.6. The van der Waals surface area contributed by atoms with Gasteiger partial charge in [0.05, 0.1) is 20.0 Å².